The number of carboxylic acids is 3. The number of nitrogens with two attached hydrogens (primary N) is 3. The van der Waals surface area contributed by atoms with Crippen molar-refractivity contribution in [1.82, 2.24) is 25.9 Å². The fourth-order valence-corrected chi connectivity index (χ4v) is 3.07. The van der Waals surface area contributed by atoms with Crippen LogP contribution in [0.3, 0.4) is 0 Å². The van der Waals surface area contributed by atoms with E-state index in [1.807, 2.05) is 0 Å². The molecule has 1 rings (SSSR count). The van der Waals surface area contributed by atoms with Crippen LogP contribution < -0.4 is 33.2 Å². The number of carboxylic acid groups (broad SMARTS) is 3. The number of imidazole rings is 1. The molecule has 0 aliphatic carbocycles. The second-order valence-electron chi connectivity index (χ2n) is 8.05. The van der Waals surface area contributed by atoms with E-state index in [4.69, 9.17) is 22.3 Å². The molecule has 210 valence electrons. The van der Waals surface area contributed by atoms with E-state index in [2.05, 4.69) is 30.9 Å². The summed E-state index contributed by atoms with van der Waals surface area (Å²) in [7, 11) is 0. The molecule has 4 atom stereocenters. The highest BCUT2D eigenvalue weighted by Gasteiger charge is 2.32. The summed E-state index contributed by atoms with van der Waals surface area (Å²) in [4.78, 5) is 82.0. The normalized spacial score (nSPS) is 13.7. The maximum Gasteiger partial charge on any atom is 0.326 e. The molecule has 1 aromatic heterocycles. The molecule has 1 heterocycles. The monoisotopic (exact) mass is 541 g/mol. The Kier molecular flexibility index (Phi) is 12.7. The maximum absolute atomic E-state index is 13.0. The van der Waals surface area contributed by atoms with E-state index >= 15 is 0 Å². The number of aliphatic carboxylic acids is 3. The van der Waals surface area contributed by atoms with Crippen LogP contribution in [0.25, 0.3) is 0 Å². The first-order chi connectivity index (χ1) is 17.8. The lowest BCUT2D eigenvalue weighted by molar-refractivity contribution is -0.143. The zero-order valence-electron chi connectivity index (χ0n) is 20.1. The number of aromatic nitrogens is 2. The predicted molar refractivity (Wildman–Crippen MR) is 128 cm³/mol. The van der Waals surface area contributed by atoms with Gasteiger partial charge >= 0.3 is 17.9 Å². The van der Waals surface area contributed by atoms with Crippen LogP contribution in [0.5, 0.6) is 0 Å². The number of nitrogens with zero attached hydrogens (tertiary/aromatic N) is 2. The maximum atomic E-state index is 13.0. The van der Waals surface area contributed by atoms with Gasteiger partial charge in [-0.3, -0.25) is 29.0 Å². The summed E-state index contributed by atoms with van der Waals surface area (Å²) >= 11 is 0. The lowest BCUT2D eigenvalue weighted by Gasteiger charge is -2.24. The molecular weight excluding hydrogens is 510 g/mol. The van der Waals surface area contributed by atoms with Crippen molar-refractivity contribution in [2.24, 2.45) is 22.2 Å². The molecule has 0 saturated carbocycles. The van der Waals surface area contributed by atoms with Gasteiger partial charge in [0.05, 0.1) is 25.2 Å². The van der Waals surface area contributed by atoms with Crippen LogP contribution in [0.2, 0.25) is 0 Å². The molecule has 0 aliphatic rings. The lowest BCUT2D eigenvalue weighted by atomic mass is 10.1. The minimum Gasteiger partial charge on any atom is -0.481 e. The summed E-state index contributed by atoms with van der Waals surface area (Å²) in [6, 6.07) is -6.10. The van der Waals surface area contributed by atoms with Crippen molar-refractivity contribution in [1.29, 1.82) is 0 Å². The Morgan fingerprint density at radius 1 is 0.895 bits per heavy atom. The van der Waals surface area contributed by atoms with Crippen LogP contribution in [0.15, 0.2) is 17.5 Å². The van der Waals surface area contributed by atoms with E-state index in [1.165, 1.54) is 12.5 Å². The molecule has 18 nitrogen and oxygen atoms in total. The molecule has 3 amide bonds. The molecule has 0 bridgehead atoms. The second kappa shape index (κ2) is 15.4. The molecule has 18 heteroatoms. The second-order valence-corrected chi connectivity index (χ2v) is 8.05. The van der Waals surface area contributed by atoms with E-state index in [9.17, 15) is 39.0 Å². The predicted octanol–water partition coefficient (Wildman–Crippen LogP) is -4.18. The van der Waals surface area contributed by atoms with E-state index in [0.717, 1.165) is 0 Å². The van der Waals surface area contributed by atoms with Crippen LogP contribution in [-0.4, -0.2) is 97.6 Å². The van der Waals surface area contributed by atoms with Crippen molar-refractivity contribution >= 4 is 41.6 Å². The van der Waals surface area contributed by atoms with Crippen molar-refractivity contribution in [2.45, 2.75) is 56.3 Å². The van der Waals surface area contributed by atoms with E-state index in [1.54, 1.807) is 0 Å². The number of rotatable bonds is 17. The Bertz CT molecular complexity index is 1030. The number of hydrogen-bond acceptors (Lipinski definition) is 9. The molecule has 1 aromatic rings. The summed E-state index contributed by atoms with van der Waals surface area (Å²) < 4.78 is 0. The number of nitrogens with one attached hydrogen (secondary N) is 4. The first kappa shape index (κ1) is 31.3. The topological polar surface area (TPSA) is 318 Å². The number of H-pyrrole nitrogens is 1. The molecular formula is C20H31N9O9. The van der Waals surface area contributed by atoms with Gasteiger partial charge in [-0.2, -0.15) is 0 Å². The molecule has 0 aliphatic heterocycles. The smallest absolute Gasteiger partial charge is 0.326 e. The van der Waals surface area contributed by atoms with Crippen molar-refractivity contribution in [3.05, 3.63) is 18.2 Å². The number of carbonyl (C=O) groups excluding carboxylic acids is 3. The first-order valence-corrected chi connectivity index (χ1v) is 11.2. The molecule has 0 fully saturated rings. The average molecular weight is 542 g/mol. The summed E-state index contributed by atoms with van der Waals surface area (Å²) in [5, 5.41) is 34.1. The molecule has 38 heavy (non-hydrogen) atoms. The van der Waals surface area contributed by atoms with Gasteiger partial charge in [-0.25, -0.2) is 9.78 Å². The first-order valence-electron chi connectivity index (χ1n) is 11.2. The van der Waals surface area contributed by atoms with Gasteiger partial charge in [0.25, 0.3) is 0 Å². The Hall–Kier alpha value is -4.74. The van der Waals surface area contributed by atoms with Crippen LogP contribution in [-0.2, 0) is 35.2 Å². The van der Waals surface area contributed by atoms with Crippen molar-refractivity contribution in [3.63, 3.8) is 0 Å². The lowest BCUT2D eigenvalue weighted by Crippen LogP contribution is -2.58. The SMILES string of the molecule is NC(N)=NCCCC(NC(=O)C(CC(=O)O)NC(=O)C(Cc1cnc[nH]1)NC(=O)C(N)CC(=O)O)C(=O)O. The Morgan fingerprint density at radius 3 is 2.00 bits per heavy atom. The molecule has 0 spiro atoms. The van der Waals surface area contributed by atoms with Crippen molar-refractivity contribution < 1.29 is 44.1 Å². The van der Waals surface area contributed by atoms with E-state index < -0.39 is 72.6 Å². The average Bonchev–Trinajstić information content (AvgIpc) is 3.32. The largest absolute Gasteiger partial charge is 0.481 e. The number of amides is 3. The zero-order valence-corrected chi connectivity index (χ0v) is 20.1. The van der Waals surface area contributed by atoms with Gasteiger partial charge in [0.15, 0.2) is 5.96 Å². The van der Waals surface area contributed by atoms with E-state index in [0.29, 0.717) is 5.69 Å². The third-order valence-electron chi connectivity index (χ3n) is 4.91. The van der Waals surface area contributed by atoms with Crippen molar-refractivity contribution in [2.75, 3.05) is 6.54 Å². The number of carbonyl (C=O) groups is 6. The zero-order chi connectivity index (χ0) is 28.8. The minimum atomic E-state index is -1.73. The molecule has 0 aromatic carbocycles. The summed E-state index contributed by atoms with van der Waals surface area (Å²) in [5.41, 5.74) is 16.3. The van der Waals surface area contributed by atoms with Crippen LogP contribution >= 0.6 is 0 Å². The third-order valence-corrected chi connectivity index (χ3v) is 4.91. The number of hydrogen-bond donors (Lipinski definition) is 10. The Balaban J connectivity index is 3.02. The van der Waals surface area contributed by atoms with E-state index in [-0.39, 0.29) is 31.8 Å². The fourth-order valence-electron chi connectivity index (χ4n) is 3.07. The van der Waals surface area contributed by atoms with Gasteiger partial charge in [-0.05, 0) is 12.8 Å². The summed E-state index contributed by atoms with van der Waals surface area (Å²) in [6.45, 7) is 0.0796. The Labute approximate surface area is 215 Å². The van der Waals surface area contributed by atoms with Gasteiger partial charge < -0.3 is 53.5 Å². The molecule has 4 unspecified atom stereocenters. The Morgan fingerprint density at radius 2 is 1.47 bits per heavy atom. The highest BCUT2D eigenvalue weighted by Crippen LogP contribution is 2.05. The molecule has 0 saturated heterocycles. The standard InChI is InChI=1S/C20H31N9O9/c21-10(5-14(30)31)16(34)28-12(4-9-7-24-8-26-9)17(35)29-13(6-15(32)33)18(36)27-11(19(37)38)2-1-3-25-20(22)23/h7-8,10-13H,1-6,21H2,(H,24,26)(H,27,36)(H,28,34)(H,29,35)(H,30,31)(H,32,33)(H,37,38)(H4,22,23,25). The van der Waals surface area contributed by atoms with Crippen LogP contribution in [0.1, 0.15) is 31.4 Å². The molecule has 0 radical (unpaired) electrons. The molecule has 13 N–H and O–H groups in total. The van der Waals surface area contributed by atoms with Crippen LogP contribution in [0.4, 0.5) is 0 Å². The third kappa shape index (κ3) is 11.8. The summed E-state index contributed by atoms with van der Waals surface area (Å²) in [5.74, 6) is -7.57. The fraction of sp³-hybridized carbons (Fsp3) is 0.500. The minimum absolute atomic E-state index is 0.0796. The summed E-state index contributed by atoms with van der Waals surface area (Å²) in [6.07, 6.45) is 0.842. The van der Waals surface area contributed by atoms with Crippen molar-refractivity contribution in [3.8, 4) is 0 Å². The van der Waals surface area contributed by atoms with Gasteiger partial charge in [-0.1, -0.05) is 0 Å². The number of aliphatic imine (C=N–C) groups is 1. The quantitative estimate of drug-likeness (QED) is 0.0509. The highest BCUT2D eigenvalue weighted by molar-refractivity contribution is 5.96. The van der Waals surface area contributed by atoms with Crippen LogP contribution in [0, 0.1) is 0 Å². The highest BCUT2D eigenvalue weighted by atomic mass is 16.4. The van der Waals surface area contributed by atoms with Gasteiger partial charge in [0.2, 0.25) is 17.7 Å². The van der Waals surface area contributed by atoms with Gasteiger partial charge in [0, 0.05) is 24.9 Å². The number of guanidine groups is 1. The number of aromatic amines is 1. The van der Waals surface area contributed by atoms with Gasteiger partial charge in [0.1, 0.15) is 18.1 Å². The van der Waals surface area contributed by atoms with Gasteiger partial charge in [-0.15, -0.1) is 0 Å².